The van der Waals surface area contributed by atoms with Crippen LogP contribution in [0.5, 0.6) is 11.5 Å². The summed E-state index contributed by atoms with van der Waals surface area (Å²) >= 11 is 6.07. The molecule has 5 nitrogen and oxygen atoms in total. The molecular weight excluding hydrogens is 580 g/mol. The summed E-state index contributed by atoms with van der Waals surface area (Å²) in [7, 11) is 0. The summed E-state index contributed by atoms with van der Waals surface area (Å²) in [6.45, 7) is 6.31. The number of nitrogens with zero attached hydrogens (tertiary/aromatic N) is 2. The van der Waals surface area contributed by atoms with Gasteiger partial charge in [0.15, 0.2) is 0 Å². The van der Waals surface area contributed by atoms with Crippen LogP contribution in [0.3, 0.4) is 0 Å². The van der Waals surface area contributed by atoms with Gasteiger partial charge in [-0.05, 0) is 33.0 Å². The van der Waals surface area contributed by atoms with Gasteiger partial charge in [-0.25, -0.2) is 0 Å². The van der Waals surface area contributed by atoms with E-state index in [1.807, 2.05) is 32.0 Å². The van der Waals surface area contributed by atoms with E-state index in [1.54, 1.807) is 30.6 Å². The Hall–Kier alpha value is -1.94. The molecule has 31 heavy (non-hydrogen) atoms. The molecule has 1 saturated carbocycles. The third kappa shape index (κ3) is 5.65. The van der Waals surface area contributed by atoms with E-state index in [4.69, 9.17) is 22.1 Å². The van der Waals surface area contributed by atoms with Gasteiger partial charge in [0.2, 0.25) is 0 Å². The van der Waals surface area contributed by atoms with Crippen molar-refractivity contribution >= 4 is 17.3 Å². The third-order valence-corrected chi connectivity index (χ3v) is 6.03. The molecule has 1 aliphatic heterocycles. The van der Waals surface area contributed by atoms with Gasteiger partial charge in [-0.15, -0.1) is 5.69 Å². The summed E-state index contributed by atoms with van der Waals surface area (Å²) in [5, 5.41) is 3.85. The van der Waals surface area contributed by atoms with Crippen molar-refractivity contribution in [2.75, 3.05) is 13.1 Å². The van der Waals surface area contributed by atoms with Gasteiger partial charge in [-0.3, -0.25) is 9.97 Å². The maximum Gasteiger partial charge on any atom is 2.00 e. The zero-order chi connectivity index (χ0) is 21.1. The largest absolute Gasteiger partial charge is 2.00 e. The molecule has 3 aromatic rings. The Balaban J connectivity index is 0.000000285. The maximum absolute atomic E-state index is 7.74. The molecule has 160 valence electrons. The number of benzene rings is 1. The number of aromatic nitrogens is 2. The Bertz CT molecular complexity index is 1040. The van der Waals surface area contributed by atoms with Crippen LogP contribution in [0.1, 0.15) is 24.1 Å². The average Bonchev–Trinajstić information content (AvgIpc) is 2.65. The number of ether oxygens (including phenoxy) is 1. The van der Waals surface area contributed by atoms with Crippen molar-refractivity contribution in [1.82, 2.24) is 15.3 Å². The van der Waals surface area contributed by atoms with E-state index in [0.717, 1.165) is 27.9 Å². The molecule has 7 heteroatoms. The molecule has 2 aromatic heterocycles. The Morgan fingerprint density at radius 2 is 1.84 bits per heavy atom. The van der Waals surface area contributed by atoms with E-state index < -0.39 is 0 Å². The zero-order valence-corrected chi connectivity index (χ0v) is 21.3. The molecule has 1 saturated heterocycles. The summed E-state index contributed by atoms with van der Waals surface area (Å²) in [5.41, 5.74) is 12.4. The maximum atomic E-state index is 7.74. The number of nitrogens with one attached hydrogen (secondary N) is 2. The molecule has 1 aromatic carbocycles. The fraction of sp³-hybridized carbons (Fsp3) is 0.292. The first-order valence-electron chi connectivity index (χ1n) is 10.1. The minimum atomic E-state index is 0. The molecule has 0 amide bonds. The predicted octanol–water partition coefficient (Wildman–Crippen LogP) is 6.46. The number of hydrogen-bond donors (Lipinski definition) is 1. The smallest absolute Gasteiger partial charge is 0.699 e. The van der Waals surface area contributed by atoms with Gasteiger partial charge in [0, 0.05) is 23.9 Å². The number of halogens is 1. The molecule has 3 heterocycles. The predicted molar refractivity (Wildman–Crippen MR) is 121 cm³/mol. The first kappa shape index (κ1) is 23.7. The van der Waals surface area contributed by atoms with Gasteiger partial charge in [0.05, 0.1) is 22.6 Å². The molecule has 2 N–H and O–H groups in total. The molecule has 1 aliphatic carbocycles. The Morgan fingerprint density at radius 3 is 2.39 bits per heavy atom. The Kier molecular flexibility index (Phi) is 7.74. The minimum Gasteiger partial charge on any atom is -0.699 e. The molecule has 0 unspecified atom stereocenters. The fourth-order valence-electron chi connectivity index (χ4n) is 3.46. The minimum absolute atomic E-state index is 0. The molecule has 2 aliphatic rings. The van der Waals surface area contributed by atoms with Crippen molar-refractivity contribution in [1.29, 1.82) is 0 Å². The first-order valence-corrected chi connectivity index (χ1v) is 10.4. The molecule has 0 bridgehead atoms. The number of aryl methyl sites for hydroxylation is 2. The molecule has 5 rings (SSSR count). The van der Waals surface area contributed by atoms with E-state index in [0.29, 0.717) is 22.2 Å². The van der Waals surface area contributed by atoms with E-state index in [1.165, 1.54) is 25.9 Å². The zero-order valence-electron chi connectivity index (χ0n) is 17.6. The van der Waals surface area contributed by atoms with Crippen LogP contribution >= 0.6 is 11.6 Å². The third-order valence-electron chi connectivity index (χ3n) is 5.64. The Labute approximate surface area is 203 Å². The van der Waals surface area contributed by atoms with Crippen molar-refractivity contribution in [3.63, 3.8) is 0 Å². The topological polar surface area (TPSA) is 70.8 Å². The summed E-state index contributed by atoms with van der Waals surface area (Å²) in [6, 6.07) is 11.0. The van der Waals surface area contributed by atoms with Crippen LogP contribution < -0.4 is 10.1 Å². The molecule has 0 radical (unpaired) electrons. The van der Waals surface area contributed by atoms with Crippen molar-refractivity contribution in [3.05, 3.63) is 77.2 Å². The molecular formula is C24H25ClN4OW. The van der Waals surface area contributed by atoms with Crippen LogP contribution in [-0.4, -0.2) is 23.1 Å². The number of rotatable bonds is 3. The van der Waals surface area contributed by atoms with Crippen molar-refractivity contribution in [3.8, 4) is 22.8 Å². The summed E-state index contributed by atoms with van der Waals surface area (Å²) in [5.74, 6) is 1.24. The quantitative estimate of drug-likeness (QED) is 0.349. The average molecular weight is 605 g/mol. The van der Waals surface area contributed by atoms with E-state index in [2.05, 4.69) is 21.7 Å². The molecule has 1 spiro atoms. The normalized spacial score (nSPS) is 15.6. The SMILES string of the molecule is Cc1cc(-c2cc(Oc3cnc(C)c(Cl)c3)ccn2)ccc1[NH-].[CH-]1CC2(C1)CNC2.[W+2]. The van der Waals surface area contributed by atoms with Gasteiger partial charge >= 0.3 is 21.1 Å². The number of hydrogen-bond acceptors (Lipinski definition) is 4. The standard InChI is InChI=1S/C18H15ClN3O.C6H10N.W/c1-11-7-13(3-4-17(11)20)18-9-14(5-6-21-18)23-15-8-16(19)12(2)22-10-15;1-2-6(3-1)4-7-5-6;/h3-10,20H,1-2H3;1,7H,2-5H2;/q2*-1;+2. The van der Waals surface area contributed by atoms with Crippen LogP contribution in [0.15, 0.2) is 48.8 Å². The van der Waals surface area contributed by atoms with Crippen LogP contribution in [0.4, 0.5) is 5.69 Å². The van der Waals surface area contributed by atoms with Crippen LogP contribution in [-0.2, 0) is 21.1 Å². The second-order valence-corrected chi connectivity index (χ2v) is 8.45. The summed E-state index contributed by atoms with van der Waals surface area (Å²) in [6.07, 6.45) is 8.46. The summed E-state index contributed by atoms with van der Waals surface area (Å²) in [4.78, 5) is 8.55. The van der Waals surface area contributed by atoms with E-state index in [-0.39, 0.29) is 21.1 Å². The van der Waals surface area contributed by atoms with Gasteiger partial charge in [0.1, 0.15) is 11.5 Å². The van der Waals surface area contributed by atoms with Gasteiger partial charge < -0.3 is 22.2 Å². The monoisotopic (exact) mass is 604 g/mol. The van der Waals surface area contributed by atoms with Crippen molar-refractivity contribution in [2.24, 2.45) is 5.41 Å². The van der Waals surface area contributed by atoms with Gasteiger partial charge in [-0.1, -0.05) is 40.8 Å². The van der Waals surface area contributed by atoms with Crippen LogP contribution in [0, 0.1) is 25.7 Å². The number of pyridine rings is 2. The molecule has 0 atom stereocenters. The Morgan fingerprint density at radius 1 is 1.06 bits per heavy atom. The van der Waals surface area contributed by atoms with E-state index in [9.17, 15) is 0 Å². The van der Waals surface area contributed by atoms with Crippen molar-refractivity contribution in [2.45, 2.75) is 26.7 Å². The van der Waals surface area contributed by atoms with Gasteiger partial charge in [0.25, 0.3) is 0 Å². The summed E-state index contributed by atoms with van der Waals surface area (Å²) < 4.78 is 5.81. The van der Waals surface area contributed by atoms with Gasteiger partial charge in [-0.2, -0.15) is 12.8 Å². The fourth-order valence-corrected chi connectivity index (χ4v) is 3.61. The van der Waals surface area contributed by atoms with Crippen LogP contribution in [0.2, 0.25) is 5.02 Å². The second kappa shape index (κ2) is 10.1. The van der Waals surface area contributed by atoms with Crippen LogP contribution in [0.25, 0.3) is 17.0 Å². The second-order valence-electron chi connectivity index (χ2n) is 8.05. The first-order chi connectivity index (χ1) is 14.4. The molecule has 2 fully saturated rings. The van der Waals surface area contributed by atoms with E-state index >= 15 is 0 Å². The van der Waals surface area contributed by atoms with Crippen molar-refractivity contribution < 1.29 is 25.8 Å².